The predicted molar refractivity (Wildman–Crippen MR) is 72.9 cm³/mol. The monoisotopic (exact) mass is 313 g/mol. The number of rotatable bonds is 4. The van der Waals surface area contributed by atoms with E-state index in [-0.39, 0.29) is 0 Å². The first-order chi connectivity index (χ1) is 8.13. The predicted octanol–water partition coefficient (Wildman–Crippen LogP) is 2.51. The van der Waals surface area contributed by atoms with Gasteiger partial charge in [-0.25, -0.2) is 13.1 Å². The van der Waals surface area contributed by atoms with Gasteiger partial charge in [-0.05, 0) is 22.9 Å². The van der Waals surface area contributed by atoms with Crippen LogP contribution in [0.4, 0.5) is 0 Å². The number of hydrogen-bond acceptors (Lipinski definition) is 2. The number of fused-ring (bicyclic) bond motifs is 1. The molecule has 2 rings (SSSR count). The Balaban J connectivity index is 2.42. The van der Waals surface area contributed by atoms with Gasteiger partial charge in [-0.1, -0.05) is 46.3 Å². The quantitative estimate of drug-likeness (QED) is 0.882. The molecule has 0 unspecified atom stereocenters. The SMILES string of the molecule is O=S(=O)(NCCBr)c1ccc2ccccc2c1. The maximum atomic E-state index is 11.9. The van der Waals surface area contributed by atoms with Gasteiger partial charge in [0.25, 0.3) is 0 Å². The normalized spacial score (nSPS) is 11.8. The lowest BCUT2D eigenvalue weighted by molar-refractivity contribution is 0.584. The number of alkyl halides is 1. The maximum Gasteiger partial charge on any atom is 0.240 e. The minimum atomic E-state index is -3.39. The largest absolute Gasteiger partial charge is 0.240 e. The Morgan fingerprint density at radius 3 is 2.47 bits per heavy atom. The van der Waals surface area contributed by atoms with E-state index in [0.717, 1.165) is 10.8 Å². The zero-order chi connectivity index (χ0) is 12.3. The summed E-state index contributed by atoms with van der Waals surface area (Å²) in [6.45, 7) is 0.384. The molecule has 2 aromatic carbocycles. The van der Waals surface area contributed by atoms with Crippen molar-refractivity contribution in [3.8, 4) is 0 Å². The van der Waals surface area contributed by atoms with Crippen LogP contribution in [0.25, 0.3) is 10.8 Å². The van der Waals surface area contributed by atoms with E-state index in [2.05, 4.69) is 20.7 Å². The van der Waals surface area contributed by atoms with Crippen molar-refractivity contribution >= 4 is 36.7 Å². The first-order valence-corrected chi connectivity index (χ1v) is 7.78. The molecule has 0 fully saturated rings. The first-order valence-electron chi connectivity index (χ1n) is 5.18. The van der Waals surface area contributed by atoms with Crippen molar-refractivity contribution in [1.29, 1.82) is 0 Å². The van der Waals surface area contributed by atoms with Gasteiger partial charge in [-0.3, -0.25) is 0 Å². The van der Waals surface area contributed by atoms with E-state index in [0.29, 0.717) is 16.8 Å². The molecule has 0 saturated heterocycles. The molecule has 0 heterocycles. The van der Waals surface area contributed by atoms with Gasteiger partial charge in [-0.2, -0.15) is 0 Å². The van der Waals surface area contributed by atoms with Gasteiger partial charge in [0.1, 0.15) is 0 Å². The standard InChI is InChI=1S/C12H12BrNO2S/c13-7-8-14-17(15,16)12-6-5-10-3-1-2-4-11(10)9-12/h1-6,9,14H,7-8H2. The Morgan fingerprint density at radius 1 is 1.06 bits per heavy atom. The fourth-order valence-electron chi connectivity index (χ4n) is 1.59. The molecule has 0 aliphatic carbocycles. The number of sulfonamides is 1. The lowest BCUT2D eigenvalue weighted by Crippen LogP contribution is -2.25. The summed E-state index contributed by atoms with van der Waals surface area (Å²) >= 11 is 3.19. The molecule has 3 nitrogen and oxygen atoms in total. The molecule has 2 aromatic rings. The molecule has 0 amide bonds. The number of hydrogen-bond donors (Lipinski definition) is 1. The third-order valence-electron chi connectivity index (χ3n) is 2.42. The van der Waals surface area contributed by atoms with Crippen LogP contribution in [-0.2, 0) is 10.0 Å². The van der Waals surface area contributed by atoms with Crippen LogP contribution < -0.4 is 4.72 Å². The van der Waals surface area contributed by atoms with E-state index in [9.17, 15) is 8.42 Å². The Hall–Kier alpha value is -0.910. The van der Waals surface area contributed by atoms with E-state index in [1.165, 1.54) is 0 Å². The minimum Gasteiger partial charge on any atom is -0.210 e. The van der Waals surface area contributed by atoms with E-state index >= 15 is 0 Å². The average molecular weight is 314 g/mol. The summed E-state index contributed by atoms with van der Waals surface area (Å²) in [6.07, 6.45) is 0. The molecule has 0 radical (unpaired) electrons. The van der Waals surface area contributed by atoms with Crippen LogP contribution in [0.15, 0.2) is 47.4 Å². The van der Waals surface area contributed by atoms with E-state index in [4.69, 9.17) is 0 Å². The fraction of sp³-hybridized carbons (Fsp3) is 0.167. The topological polar surface area (TPSA) is 46.2 Å². The third-order valence-corrected chi connectivity index (χ3v) is 4.27. The highest BCUT2D eigenvalue weighted by atomic mass is 79.9. The van der Waals surface area contributed by atoms with Gasteiger partial charge in [-0.15, -0.1) is 0 Å². The van der Waals surface area contributed by atoms with E-state index in [1.54, 1.807) is 12.1 Å². The highest BCUT2D eigenvalue weighted by molar-refractivity contribution is 9.09. The summed E-state index contributed by atoms with van der Waals surface area (Å²) in [7, 11) is -3.39. The van der Waals surface area contributed by atoms with Gasteiger partial charge in [0.2, 0.25) is 10.0 Å². The van der Waals surface area contributed by atoms with Crippen LogP contribution >= 0.6 is 15.9 Å². The molecule has 90 valence electrons. The molecule has 17 heavy (non-hydrogen) atoms. The molecule has 0 spiro atoms. The summed E-state index contributed by atoms with van der Waals surface area (Å²) < 4.78 is 26.3. The van der Waals surface area contributed by atoms with Crippen molar-refractivity contribution in [3.63, 3.8) is 0 Å². The molecule has 0 aliphatic heterocycles. The molecule has 0 aromatic heterocycles. The Morgan fingerprint density at radius 2 is 1.76 bits per heavy atom. The zero-order valence-corrected chi connectivity index (χ0v) is 11.5. The van der Waals surface area contributed by atoms with Crippen molar-refractivity contribution in [3.05, 3.63) is 42.5 Å². The van der Waals surface area contributed by atoms with Crippen LogP contribution in [0.5, 0.6) is 0 Å². The van der Waals surface area contributed by atoms with Crippen LogP contribution in [0.2, 0.25) is 0 Å². The molecule has 0 atom stereocenters. The zero-order valence-electron chi connectivity index (χ0n) is 9.06. The third kappa shape index (κ3) is 2.86. The van der Waals surface area contributed by atoms with Crippen LogP contribution in [-0.4, -0.2) is 20.3 Å². The second-order valence-electron chi connectivity index (χ2n) is 3.60. The fourth-order valence-corrected chi connectivity index (χ4v) is 3.12. The number of nitrogens with one attached hydrogen (secondary N) is 1. The van der Waals surface area contributed by atoms with Gasteiger partial charge >= 0.3 is 0 Å². The molecule has 1 N–H and O–H groups in total. The van der Waals surface area contributed by atoms with Crippen LogP contribution in [0.1, 0.15) is 0 Å². The van der Waals surface area contributed by atoms with Crippen molar-refractivity contribution in [2.45, 2.75) is 4.90 Å². The molecular weight excluding hydrogens is 302 g/mol. The van der Waals surface area contributed by atoms with Crippen LogP contribution in [0, 0.1) is 0 Å². The Kier molecular flexibility index (Phi) is 3.81. The smallest absolute Gasteiger partial charge is 0.210 e. The van der Waals surface area contributed by atoms with Crippen molar-refractivity contribution in [2.24, 2.45) is 0 Å². The molecule has 0 bridgehead atoms. The van der Waals surface area contributed by atoms with Crippen LogP contribution in [0.3, 0.4) is 0 Å². The molecule has 5 heteroatoms. The minimum absolute atomic E-state index is 0.303. The molecular formula is C12H12BrNO2S. The van der Waals surface area contributed by atoms with Crippen molar-refractivity contribution in [1.82, 2.24) is 4.72 Å². The second-order valence-corrected chi connectivity index (χ2v) is 6.16. The second kappa shape index (κ2) is 5.16. The van der Waals surface area contributed by atoms with Gasteiger partial charge in [0, 0.05) is 11.9 Å². The summed E-state index contributed by atoms with van der Waals surface area (Å²) in [6, 6.07) is 12.8. The first kappa shape index (κ1) is 12.5. The van der Waals surface area contributed by atoms with E-state index < -0.39 is 10.0 Å². The highest BCUT2D eigenvalue weighted by Crippen LogP contribution is 2.18. The summed E-state index contributed by atoms with van der Waals surface area (Å²) in [5.74, 6) is 0. The van der Waals surface area contributed by atoms with Crippen molar-refractivity contribution in [2.75, 3.05) is 11.9 Å². The average Bonchev–Trinajstić information content (AvgIpc) is 2.36. The lowest BCUT2D eigenvalue weighted by Gasteiger charge is -2.06. The molecule has 0 saturated carbocycles. The molecule has 0 aliphatic rings. The Bertz CT molecular complexity index is 625. The summed E-state index contributed by atoms with van der Waals surface area (Å²) in [4.78, 5) is 0.303. The van der Waals surface area contributed by atoms with E-state index in [1.807, 2.05) is 30.3 Å². The van der Waals surface area contributed by atoms with Gasteiger partial charge in [0.05, 0.1) is 4.90 Å². The number of benzene rings is 2. The summed E-state index contributed by atoms with van der Waals surface area (Å²) in [5, 5.41) is 2.56. The van der Waals surface area contributed by atoms with Crippen molar-refractivity contribution < 1.29 is 8.42 Å². The maximum absolute atomic E-state index is 11.9. The highest BCUT2D eigenvalue weighted by Gasteiger charge is 2.12. The Labute approximate surface area is 109 Å². The van der Waals surface area contributed by atoms with Gasteiger partial charge in [0.15, 0.2) is 0 Å². The lowest BCUT2D eigenvalue weighted by atomic mass is 10.1. The number of halogens is 1. The summed E-state index contributed by atoms with van der Waals surface area (Å²) in [5.41, 5.74) is 0. The van der Waals surface area contributed by atoms with Gasteiger partial charge < -0.3 is 0 Å².